The van der Waals surface area contributed by atoms with Crippen LogP contribution in [0.4, 0.5) is 4.79 Å². The van der Waals surface area contributed by atoms with Crippen molar-refractivity contribution in [1.82, 2.24) is 5.43 Å². The number of amides is 1. The van der Waals surface area contributed by atoms with Gasteiger partial charge in [0, 0.05) is 5.56 Å². The Morgan fingerprint density at radius 2 is 1.68 bits per heavy atom. The zero-order chi connectivity index (χ0) is 20.6. The summed E-state index contributed by atoms with van der Waals surface area (Å²) in [6.45, 7) is 5.71. The van der Waals surface area contributed by atoms with Crippen molar-refractivity contribution in [3.8, 4) is 17.2 Å². The fourth-order valence-electron chi connectivity index (χ4n) is 2.31. The second-order valence-electron chi connectivity index (χ2n) is 6.90. The van der Waals surface area contributed by atoms with E-state index < -0.39 is 11.7 Å². The fraction of sp³-hybridized carbons (Fsp3) is 0.333. The third-order valence-corrected chi connectivity index (χ3v) is 3.48. The number of benzene rings is 2. The van der Waals surface area contributed by atoms with Gasteiger partial charge in [-0.1, -0.05) is 30.3 Å². The zero-order valence-corrected chi connectivity index (χ0v) is 16.8. The first-order valence-corrected chi connectivity index (χ1v) is 8.77. The number of hydrazone groups is 1. The smallest absolute Gasteiger partial charge is 0.428 e. The molecule has 0 atom stereocenters. The zero-order valence-electron chi connectivity index (χ0n) is 16.8. The van der Waals surface area contributed by atoms with E-state index in [2.05, 4.69) is 10.5 Å². The number of rotatable bonds is 7. The Morgan fingerprint density at radius 3 is 2.21 bits per heavy atom. The van der Waals surface area contributed by atoms with Gasteiger partial charge in [-0.05, 0) is 38.5 Å². The minimum Gasteiger partial charge on any atom is -0.493 e. The van der Waals surface area contributed by atoms with E-state index in [1.807, 2.05) is 30.3 Å². The Labute approximate surface area is 165 Å². The first kappa shape index (κ1) is 21.1. The Bertz CT molecular complexity index is 788. The van der Waals surface area contributed by atoms with Gasteiger partial charge in [0.1, 0.15) is 12.2 Å². The van der Waals surface area contributed by atoms with Crippen molar-refractivity contribution in [3.05, 3.63) is 53.6 Å². The minimum absolute atomic E-state index is 0.376. The molecule has 0 fully saturated rings. The molecule has 0 aromatic heterocycles. The highest BCUT2D eigenvalue weighted by atomic mass is 16.6. The Hall–Kier alpha value is -3.22. The van der Waals surface area contributed by atoms with E-state index in [1.54, 1.807) is 47.1 Å². The molecule has 0 spiro atoms. The lowest BCUT2D eigenvalue weighted by molar-refractivity contribution is 0.0529. The topological polar surface area (TPSA) is 78.4 Å². The summed E-state index contributed by atoms with van der Waals surface area (Å²) in [5.74, 6) is 1.48. The highest BCUT2D eigenvalue weighted by Gasteiger charge is 2.16. The molecule has 0 radical (unpaired) electrons. The molecule has 2 aromatic rings. The van der Waals surface area contributed by atoms with Crippen molar-refractivity contribution >= 4 is 12.3 Å². The number of nitrogens with one attached hydrogen (secondary N) is 1. The molecule has 0 saturated heterocycles. The van der Waals surface area contributed by atoms with Crippen molar-refractivity contribution in [2.75, 3.05) is 14.2 Å². The molecule has 0 aliphatic carbocycles. The van der Waals surface area contributed by atoms with Gasteiger partial charge in [0.05, 0.1) is 20.4 Å². The fourth-order valence-corrected chi connectivity index (χ4v) is 2.31. The SMILES string of the molecule is COc1cc(/C=N\NC(=O)OC(C)(C)C)cc(OC)c1OCc1ccccc1. The van der Waals surface area contributed by atoms with Crippen LogP contribution in [-0.2, 0) is 11.3 Å². The van der Waals surface area contributed by atoms with E-state index in [9.17, 15) is 4.79 Å². The normalized spacial score (nSPS) is 11.2. The molecule has 7 heteroatoms. The van der Waals surface area contributed by atoms with Gasteiger partial charge in [-0.25, -0.2) is 10.2 Å². The lowest BCUT2D eigenvalue weighted by atomic mass is 10.2. The molecule has 0 saturated carbocycles. The molecule has 0 heterocycles. The molecule has 0 aliphatic rings. The van der Waals surface area contributed by atoms with E-state index in [0.29, 0.717) is 29.4 Å². The third kappa shape index (κ3) is 6.50. The van der Waals surface area contributed by atoms with E-state index >= 15 is 0 Å². The van der Waals surface area contributed by atoms with Crippen molar-refractivity contribution in [3.63, 3.8) is 0 Å². The molecule has 0 aliphatic heterocycles. The first-order valence-electron chi connectivity index (χ1n) is 8.77. The molecular weight excluding hydrogens is 360 g/mol. The van der Waals surface area contributed by atoms with Crippen LogP contribution in [0.1, 0.15) is 31.9 Å². The maximum Gasteiger partial charge on any atom is 0.428 e. The van der Waals surface area contributed by atoms with Gasteiger partial charge in [-0.2, -0.15) is 5.10 Å². The van der Waals surface area contributed by atoms with Crippen LogP contribution in [0.3, 0.4) is 0 Å². The summed E-state index contributed by atoms with van der Waals surface area (Å²) in [5.41, 5.74) is 3.42. The molecular formula is C21H26N2O5. The molecule has 150 valence electrons. The van der Waals surface area contributed by atoms with Crippen molar-refractivity contribution in [2.24, 2.45) is 5.10 Å². The summed E-state index contributed by atoms with van der Waals surface area (Å²) in [7, 11) is 3.09. The number of hydrogen-bond acceptors (Lipinski definition) is 6. The van der Waals surface area contributed by atoms with Crippen molar-refractivity contribution in [1.29, 1.82) is 0 Å². The average Bonchev–Trinajstić information content (AvgIpc) is 2.65. The van der Waals surface area contributed by atoms with Crippen LogP contribution in [0, 0.1) is 0 Å². The lowest BCUT2D eigenvalue weighted by Crippen LogP contribution is -2.29. The Morgan fingerprint density at radius 1 is 1.07 bits per heavy atom. The molecule has 2 aromatic carbocycles. The van der Waals surface area contributed by atoms with Gasteiger partial charge in [0.2, 0.25) is 5.75 Å². The van der Waals surface area contributed by atoms with Gasteiger partial charge in [-0.15, -0.1) is 0 Å². The van der Waals surface area contributed by atoms with Crippen LogP contribution >= 0.6 is 0 Å². The van der Waals surface area contributed by atoms with Gasteiger partial charge >= 0.3 is 6.09 Å². The predicted molar refractivity (Wildman–Crippen MR) is 107 cm³/mol. The molecule has 2 rings (SSSR count). The first-order chi connectivity index (χ1) is 13.3. The van der Waals surface area contributed by atoms with E-state index in [1.165, 1.54) is 6.21 Å². The monoisotopic (exact) mass is 386 g/mol. The van der Waals surface area contributed by atoms with Gasteiger partial charge in [0.15, 0.2) is 11.5 Å². The molecule has 0 unspecified atom stereocenters. The molecule has 0 bridgehead atoms. The van der Waals surface area contributed by atoms with Crippen LogP contribution in [-0.4, -0.2) is 32.1 Å². The van der Waals surface area contributed by atoms with E-state index in [-0.39, 0.29) is 0 Å². The van der Waals surface area contributed by atoms with Crippen molar-refractivity contribution in [2.45, 2.75) is 33.0 Å². The van der Waals surface area contributed by atoms with Crippen LogP contribution in [0.5, 0.6) is 17.2 Å². The van der Waals surface area contributed by atoms with Gasteiger partial charge in [0.25, 0.3) is 0 Å². The Balaban J connectivity index is 2.12. The van der Waals surface area contributed by atoms with Crippen LogP contribution in [0.2, 0.25) is 0 Å². The summed E-state index contributed by atoms with van der Waals surface area (Å²) in [6.07, 6.45) is 0.834. The number of carbonyl (C=O) groups is 1. The summed E-state index contributed by atoms with van der Waals surface area (Å²) < 4.78 is 21.9. The van der Waals surface area contributed by atoms with Gasteiger partial charge < -0.3 is 18.9 Å². The summed E-state index contributed by atoms with van der Waals surface area (Å²) >= 11 is 0. The predicted octanol–water partition coefficient (Wildman–Crippen LogP) is 4.14. The molecule has 28 heavy (non-hydrogen) atoms. The Kier molecular flexibility index (Phi) is 7.26. The number of nitrogens with zero attached hydrogens (tertiary/aromatic N) is 1. The largest absolute Gasteiger partial charge is 0.493 e. The number of methoxy groups -OCH3 is 2. The average molecular weight is 386 g/mol. The maximum absolute atomic E-state index is 11.7. The van der Waals surface area contributed by atoms with E-state index in [4.69, 9.17) is 18.9 Å². The summed E-state index contributed by atoms with van der Waals surface area (Å²) in [5, 5.41) is 3.90. The van der Waals surface area contributed by atoms with Crippen LogP contribution < -0.4 is 19.6 Å². The van der Waals surface area contributed by atoms with Crippen molar-refractivity contribution < 1.29 is 23.7 Å². The standard InChI is InChI=1S/C21H26N2O5/c1-21(2,3)28-20(24)23-22-13-16-11-17(25-4)19(18(12-16)26-5)27-14-15-9-7-6-8-10-15/h6-13H,14H2,1-5H3,(H,23,24)/b22-13-. The summed E-state index contributed by atoms with van der Waals surface area (Å²) in [6, 6.07) is 13.3. The molecule has 1 amide bonds. The summed E-state index contributed by atoms with van der Waals surface area (Å²) in [4.78, 5) is 11.7. The van der Waals surface area contributed by atoms with Crippen LogP contribution in [0.25, 0.3) is 0 Å². The highest BCUT2D eigenvalue weighted by molar-refractivity contribution is 5.83. The second-order valence-corrected chi connectivity index (χ2v) is 6.90. The minimum atomic E-state index is -0.634. The van der Waals surface area contributed by atoms with Crippen LogP contribution in [0.15, 0.2) is 47.6 Å². The molecule has 1 N–H and O–H groups in total. The van der Waals surface area contributed by atoms with Gasteiger partial charge in [-0.3, -0.25) is 0 Å². The number of hydrogen-bond donors (Lipinski definition) is 1. The molecule has 7 nitrogen and oxygen atoms in total. The number of carbonyl (C=O) groups excluding carboxylic acids is 1. The maximum atomic E-state index is 11.7. The van der Waals surface area contributed by atoms with E-state index in [0.717, 1.165) is 5.56 Å². The third-order valence-electron chi connectivity index (χ3n) is 3.48. The lowest BCUT2D eigenvalue weighted by Gasteiger charge is -2.18. The number of ether oxygens (including phenoxy) is 4. The second kappa shape index (κ2) is 9.64. The highest BCUT2D eigenvalue weighted by Crippen LogP contribution is 2.38. The quantitative estimate of drug-likeness (QED) is 0.571.